The number of hydrogen-bond donors (Lipinski definition) is 1. The summed E-state index contributed by atoms with van der Waals surface area (Å²) in [5.41, 5.74) is 3.52. The maximum absolute atomic E-state index is 10.2. The molecule has 4 rings (SSSR count). The second kappa shape index (κ2) is 6.65. The lowest BCUT2D eigenvalue weighted by molar-refractivity contribution is -0.0426. The van der Waals surface area contributed by atoms with Crippen molar-refractivity contribution in [2.75, 3.05) is 6.61 Å². The molecule has 4 aliphatic carbocycles. The Bertz CT molecular complexity index is 611. The highest BCUT2D eigenvalue weighted by Gasteiger charge is 2.59. The fourth-order valence-corrected chi connectivity index (χ4v) is 7.56. The van der Waals surface area contributed by atoms with Crippen LogP contribution in [0, 0.1) is 34.5 Å². The summed E-state index contributed by atoms with van der Waals surface area (Å²) in [6.45, 7) is 9.91. The fraction of sp³-hybridized carbons (Fsp3) is 0.870. The van der Waals surface area contributed by atoms with Crippen molar-refractivity contribution in [1.29, 1.82) is 0 Å². The van der Waals surface area contributed by atoms with Crippen LogP contribution in [0.4, 0.5) is 0 Å². The number of oxime groups is 1. The average molecular weight is 360 g/mol. The van der Waals surface area contributed by atoms with Gasteiger partial charge >= 0.3 is 0 Å². The summed E-state index contributed by atoms with van der Waals surface area (Å²) in [6.07, 6.45) is 12.1. The highest BCUT2D eigenvalue weighted by molar-refractivity contribution is 5.85. The molecule has 3 nitrogen and oxygen atoms in total. The number of allylic oxidation sites excluding steroid dienone is 1. The van der Waals surface area contributed by atoms with Crippen LogP contribution in [0.5, 0.6) is 0 Å². The normalized spacial score (nSPS) is 48.3. The summed E-state index contributed by atoms with van der Waals surface area (Å²) in [6, 6.07) is 0. The fourth-order valence-electron chi connectivity index (χ4n) is 7.56. The van der Waals surface area contributed by atoms with Crippen LogP contribution in [-0.2, 0) is 4.84 Å². The quantitative estimate of drug-likeness (QED) is 0.420. The van der Waals surface area contributed by atoms with Gasteiger partial charge in [0.2, 0.25) is 0 Å². The molecule has 146 valence electrons. The first-order chi connectivity index (χ1) is 12.4. The lowest BCUT2D eigenvalue weighted by Gasteiger charge is -2.58. The van der Waals surface area contributed by atoms with Gasteiger partial charge in [-0.2, -0.15) is 0 Å². The van der Waals surface area contributed by atoms with Crippen molar-refractivity contribution in [1.82, 2.24) is 0 Å². The van der Waals surface area contributed by atoms with E-state index in [9.17, 15) is 5.11 Å². The third-order valence-electron chi connectivity index (χ3n) is 8.92. The van der Waals surface area contributed by atoms with Gasteiger partial charge in [0.15, 0.2) is 0 Å². The number of fused-ring (bicyclic) bond motifs is 5. The zero-order valence-corrected chi connectivity index (χ0v) is 17.1. The molecule has 7 atom stereocenters. The molecule has 0 radical (unpaired) electrons. The molecule has 26 heavy (non-hydrogen) atoms. The van der Waals surface area contributed by atoms with Gasteiger partial charge in [0, 0.05) is 5.92 Å². The van der Waals surface area contributed by atoms with E-state index < -0.39 is 0 Å². The molecule has 3 fully saturated rings. The zero-order valence-electron chi connectivity index (χ0n) is 17.1. The highest BCUT2D eigenvalue weighted by Crippen LogP contribution is 2.66. The van der Waals surface area contributed by atoms with Crippen molar-refractivity contribution < 1.29 is 9.94 Å². The van der Waals surface area contributed by atoms with Crippen LogP contribution >= 0.6 is 0 Å². The van der Waals surface area contributed by atoms with Crippen molar-refractivity contribution >= 4 is 5.71 Å². The largest absolute Gasteiger partial charge is 0.396 e. The molecule has 0 aromatic heterocycles. The van der Waals surface area contributed by atoms with Gasteiger partial charge in [-0.1, -0.05) is 30.7 Å². The lowest BCUT2D eigenvalue weighted by atomic mass is 9.47. The molecule has 4 aliphatic rings. The van der Waals surface area contributed by atoms with Crippen LogP contribution in [0.2, 0.25) is 0 Å². The van der Waals surface area contributed by atoms with E-state index in [2.05, 4.69) is 32.0 Å². The molecular formula is C23H37NO2. The van der Waals surface area contributed by atoms with Crippen LogP contribution in [0.3, 0.4) is 0 Å². The predicted octanol–water partition coefficient (Wildman–Crippen LogP) is 5.34. The van der Waals surface area contributed by atoms with Gasteiger partial charge < -0.3 is 9.94 Å². The third kappa shape index (κ3) is 2.68. The van der Waals surface area contributed by atoms with Gasteiger partial charge in [-0.15, -0.1) is 0 Å². The number of rotatable bonds is 3. The Hall–Kier alpha value is -0.830. The van der Waals surface area contributed by atoms with Gasteiger partial charge in [0.05, 0.1) is 11.8 Å². The molecule has 0 amide bonds. The first-order valence-corrected chi connectivity index (χ1v) is 10.9. The molecule has 0 aliphatic heterocycles. The van der Waals surface area contributed by atoms with Crippen LogP contribution in [-0.4, -0.2) is 23.5 Å². The maximum Gasteiger partial charge on any atom is 0.114 e. The Labute approximate surface area is 159 Å². The molecule has 1 N–H and O–H groups in total. The van der Waals surface area contributed by atoms with E-state index in [1.54, 1.807) is 5.57 Å². The Morgan fingerprint density at radius 1 is 1.19 bits per heavy atom. The van der Waals surface area contributed by atoms with E-state index in [4.69, 9.17) is 4.84 Å². The SMILES string of the molecule is CCO/N=C(\C)[C@H]1CC[C@H]2[C@@H]3CC=C4C[C@@H](O)CC[C@]4(C)[C@H]3CC[C@]12C. The number of nitrogens with zero attached hydrogens (tertiary/aromatic N) is 1. The molecule has 0 saturated heterocycles. The van der Waals surface area contributed by atoms with Crippen molar-refractivity contribution in [2.24, 2.45) is 39.7 Å². The van der Waals surface area contributed by atoms with E-state index in [1.807, 2.05) is 6.92 Å². The number of hydrogen-bond acceptors (Lipinski definition) is 3. The van der Waals surface area contributed by atoms with E-state index >= 15 is 0 Å². The van der Waals surface area contributed by atoms with Crippen molar-refractivity contribution in [3.05, 3.63) is 11.6 Å². The van der Waals surface area contributed by atoms with Crippen molar-refractivity contribution in [3.63, 3.8) is 0 Å². The van der Waals surface area contributed by atoms with Crippen LogP contribution < -0.4 is 0 Å². The molecule has 0 aromatic rings. The van der Waals surface area contributed by atoms with Gasteiger partial charge in [-0.05, 0) is 93.8 Å². The summed E-state index contributed by atoms with van der Waals surface area (Å²) >= 11 is 0. The van der Waals surface area contributed by atoms with Crippen LogP contribution in [0.15, 0.2) is 16.8 Å². The summed E-state index contributed by atoms with van der Waals surface area (Å²) in [5, 5.41) is 14.6. The highest BCUT2D eigenvalue weighted by atomic mass is 16.6. The van der Waals surface area contributed by atoms with E-state index in [0.717, 1.165) is 30.6 Å². The predicted molar refractivity (Wildman–Crippen MR) is 106 cm³/mol. The molecule has 0 unspecified atom stereocenters. The maximum atomic E-state index is 10.2. The molecule has 0 spiro atoms. The molecule has 0 heterocycles. The van der Waals surface area contributed by atoms with Gasteiger partial charge in [0.25, 0.3) is 0 Å². The van der Waals surface area contributed by atoms with Gasteiger partial charge in [0.1, 0.15) is 6.61 Å². The van der Waals surface area contributed by atoms with E-state index in [0.29, 0.717) is 23.4 Å². The Morgan fingerprint density at radius 3 is 2.77 bits per heavy atom. The van der Waals surface area contributed by atoms with Crippen LogP contribution in [0.25, 0.3) is 0 Å². The minimum Gasteiger partial charge on any atom is -0.396 e. The summed E-state index contributed by atoms with van der Waals surface area (Å²) in [4.78, 5) is 5.39. The smallest absolute Gasteiger partial charge is 0.114 e. The number of aliphatic hydroxyl groups excluding tert-OH is 1. The Balaban J connectivity index is 1.60. The van der Waals surface area contributed by atoms with Crippen LogP contribution in [0.1, 0.15) is 79.1 Å². The zero-order chi connectivity index (χ0) is 18.5. The topological polar surface area (TPSA) is 41.8 Å². The second-order valence-electron chi connectivity index (χ2n) is 9.98. The van der Waals surface area contributed by atoms with E-state index in [-0.39, 0.29) is 6.10 Å². The summed E-state index contributed by atoms with van der Waals surface area (Å²) in [5.74, 6) is 3.05. The third-order valence-corrected chi connectivity index (χ3v) is 8.92. The van der Waals surface area contributed by atoms with E-state index in [1.165, 1.54) is 44.2 Å². The first-order valence-electron chi connectivity index (χ1n) is 10.9. The van der Waals surface area contributed by atoms with Crippen molar-refractivity contribution in [2.45, 2.75) is 85.2 Å². The molecule has 0 bridgehead atoms. The lowest BCUT2D eigenvalue weighted by Crippen LogP contribution is -2.50. The molecular weight excluding hydrogens is 322 g/mol. The Morgan fingerprint density at radius 2 is 2.00 bits per heavy atom. The average Bonchev–Trinajstić information content (AvgIpc) is 2.97. The molecule has 0 aromatic carbocycles. The monoisotopic (exact) mass is 359 g/mol. The molecule has 3 heteroatoms. The minimum absolute atomic E-state index is 0.104. The summed E-state index contributed by atoms with van der Waals surface area (Å²) < 4.78 is 0. The van der Waals surface area contributed by atoms with Gasteiger partial charge in [-0.25, -0.2) is 0 Å². The van der Waals surface area contributed by atoms with Gasteiger partial charge in [-0.3, -0.25) is 0 Å². The number of aliphatic hydroxyl groups is 1. The first kappa shape index (κ1) is 18.5. The second-order valence-corrected chi connectivity index (χ2v) is 9.98. The minimum atomic E-state index is -0.104. The summed E-state index contributed by atoms with van der Waals surface area (Å²) in [7, 11) is 0. The molecule has 3 saturated carbocycles. The van der Waals surface area contributed by atoms with Crippen molar-refractivity contribution in [3.8, 4) is 0 Å². The Kier molecular flexibility index (Phi) is 4.74. The standard InChI is InChI=1S/C23H37NO2/c1-5-26-24-15(2)19-8-9-20-18-7-6-16-14-17(25)10-12-22(16,3)21(18)11-13-23(19,20)4/h6,17-21,25H,5,7-14H2,1-4H3/b24-15+/t17-,18-,19+,20-,21-,22-,23+/m0/s1.